The van der Waals surface area contributed by atoms with E-state index in [2.05, 4.69) is 56.3 Å². The summed E-state index contributed by atoms with van der Waals surface area (Å²) in [6.07, 6.45) is 5.45. The minimum absolute atomic E-state index is 0.0518. The van der Waals surface area contributed by atoms with Crippen LogP contribution < -0.4 is 0 Å². The molecule has 1 saturated heterocycles. The molecule has 1 aromatic carbocycles. The molecule has 0 unspecified atom stereocenters. The zero-order valence-corrected chi connectivity index (χ0v) is 21.2. The van der Waals surface area contributed by atoms with Crippen LogP contribution in [0.15, 0.2) is 41.9 Å². The van der Waals surface area contributed by atoms with Crippen molar-refractivity contribution in [2.24, 2.45) is 0 Å². The van der Waals surface area contributed by atoms with Gasteiger partial charge in [0.25, 0.3) is 5.91 Å². The maximum Gasteiger partial charge on any atom is 0.258 e. The molecule has 2 aliphatic rings. The number of amides is 1. The normalized spacial score (nSPS) is 19.6. The second kappa shape index (κ2) is 8.56. The SMILES string of the molecule is CC1(C)CCC(C)(C)c2cc(-c3csc(C4CCN(C(=O)c5cccnc5F)CC4)n3)ccc21. The van der Waals surface area contributed by atoms with E-state index < -0.39 is 5.95 Å². The Bertz CT molecular complexity index is 1220. The van der Waals surface area contributed by atoms with Crippen LogP contribution in [0.5, 0.6) is 0 Å². The number of carbonyl (C=O) groups excluding carboxylic acids is 1. The fourth-order valence-electron chi connectivity index (χ4n) is 5.40. The number of rotatable bonds is 3. The van der Waals surface area contributed by atoms with E-state index in [0.717, 1.165) is 23.5 Å². The van der Waals surface area contributed by atoms with Crippen molar-refractivity contribution < 1.29 is 9.18 Å². The molecule has 0 bridgehead atoms. The molecule has 0 saturated carbocycles. The molecular formula is C28H32FN3OS. The molecule has 3 aromatic rings. The number of piperidine rings is 1. The van der Waals surface area contributed by atoms with Crippen molar-refractivity contribution in [3.63, 3.8) is 0 Å². The first kappa shape index (κ1) is 23.2. The van der Waals surface area contributed by atoms with Crippen LogP contribution >= 0.6 is 11.3 Å². The highest BCUT2D eigenvalue weighted by Crippen LogP contribution is 2.47. The summed E-state index contributed by atoms with van der Waals surface area (Å²) in [7, 11) is 0. The lowest BCUT2D eigenvalue weighted by molar-refractivity contribution is 0.0707. The van der Waals surface area contributed by atoms with Crippen LogP contribution in [0, 0.1) is 5.95 Å². The summed E-state index contributed by atoms with van der Waals surface area (Å²) in [5.41, 5.74) is 5.57. The van der Waals surface area contributed by atoms with Crippen molar-refractivity contribution in [2.45, 2.75) is 70.1 Å². The first-order chi connectivity index (χ1) is 16.2. The van der Waals surface area contributed by atoms with Crippen molar-refractivity contribution >= 4 is 17.2 Å². The van der Waals surface area contributed by atoms with Crippen molar-refractivity contribution in [3.8, 4) is 11.3 Å². The van der Waals surface area contributed by atoms with E-state index in [1.807, 2.05) is 0 Å². The average molecular weight is 478 g/mol. The zero-order valence-electron chi connectivity index (χ0n) is 20.4. The van der Waals surface area contributed by atoms with Gasteiger partial charge in [-0.25, -0.2) is 9.97 Å². The van der Waals surface area contributed by atoms with Crippen molar-refractivity contribution in [1.29, 1.82) is 0 Å². The molecule has 1 amide bonds. The largest absolute Gasteiger partial charge is 0.338 e. The average Bonchev–Trinajstić information content (AvgIpc) is 3.32. The quantitative estimate of drug-likeness (QED) is 0.394. The summed E-state index contributed by atoms with van der Waals surface area (Å²) in [6.45, 7) is 10.6. The summed E-state index contributed by atoms with van der Waals surface area (Å²) in [6, 6.07) is 10.0. The van der Waals surface area contributed by atoms with Gasteiger partial charge in [0.05, 0.1) is 16.3 Å². The molecule has 3 heterocycles. The predicted octanol–water partition coefficient (Wildman–Crippen LogP) is 6.71. The van der Waals surface area contributed by atoms with E-state index in [1.54, 1.807) is 22.3 Å². The number of thiazole rings is 1. The standard InChI is InChI=1S/C28H32FN3OS/c1-27(2)11-12-28(3,4)22-16-19(7-8-21(22)27)23-17-34-25(31-23)18-9-14-32(15-10-18)26(33)20-6-5-13-30-24(20)29/h5-8,13,16-18H,9-12,14-15H2,1-4H3. The number of pyridine rings is 1. The number of fused-ring (bicyclic) bond motifs is 1. The van der Waals surface area contributed by atoms with Crippen LogP contribution in [0.25, 0.3) is 11.3 Å². The molecule has 0 spiro atoms. The van der Waals surface area contributed by atoms with E-state index in [9.17, 15) is 9.18 Å². The Kier molecular flexibility index (Phi) is 5.83. The predicted molar refractivity (Wildman–Crippen MR) is 135 cm³/mol. The number of halogens is 1. The molecule has 0 atom stereocenters. The first-order valence-electron chi connectivity index (χ1n) is 12.2. The van der Waals surface area contributed by atoms with Gasteiger partial charge in [0.15, 0.2) is 0 Å². The second-order valence-corrected chi connectivity index (χ2v) is 11.9. The number of hydrogen-bond acceptors (Lipinski definition) is 4. The van der Waals surface area contributed by atoms with Crippen LogP contribution in [0.3, 0.4) is 0 Å². The van der Waals surface area contributed by atoms with E-state index >= 15 is 0 Å². The van der Waals surface area contributed by atoms with Gasteiger partial charge in [-0.3, -0.25) is 4.79 Å². The first-order valence-corrected chi connectivity index (χ1v) is 13.0. The number of hydrogen-bond donors (Lipinski definition) is 0. The molecule has 6 heteroatoms. The molecule has 1 aliphatic carbocycles. The summed E-state index contributed by atoms with van der Waals surface area (Å²) < 4.78 is 13.9. The van der Waals surface area contributed by atoms with Crippen LogP contribution in [0.1, 0.15) is 85.8 Å². The highest BCUT2D eigenvalue weighted by Gasteiger charge is 2.37. The molecule has 5 rings (SSSR count). The maximum atomic E-state index is 13.9. The Morgan fingerprint density at radius 1 is 1.06 bits per heavy atom. The van der Waals surface area contributed by atoms with Crippen molar-refractivity contribution in [1.82, 2.24) is 14.9 Å². The van der Waals surface area contributed by atoms with Gasteiger partial charge >= 0.3 is 0 Å². The van der Waals surface area contributed by atoms with E-state index in [-0.39, 0.29) is 22.3 Å². The fraction of sp³-hybridized carbons (Fsp3) is 0.464. The summed E-state index contributed by atoms with van der Waals surface area (Å²) in [4.78, 5) is 23.1. The lowest BCUT2D eigenvalue weighted by Gasteiger charge is -2.42. The Hall–Kier alpha value is -2.60. The smallest absolute Gasteiger partial charge is 0.258 e. The highest BCUT2D eigenvalue weighted by molar-refractivity contribution is 7.10. The van der Waals surface area contributed by atoms with Gasteiger partial charge in [0, 0.05) is 36.1 Å². The van der Waals surface area contributed by atoms with E-state index in [1.165, 1.54) is 41.8 Å². The van der Waals surface area contributed by atoms with Crippen molar-refractivity contribution in [2.75, 3.05) is 13.1 Å². The highest BCUT2D eigenvalue weighted by atomic mass is 32.1. The molecule has 178 valence electrons. The van der Waals surface area contributed by atoms with Gasteiger partial charge in [-0.2, -0.15) is 4.39 Å². The van der Waals surface area contributed by atoms with Gasteiger partial charge in [0.2, 0.25) is 5.95 Å². The summed E-state index contributed by atoms with van der Waals surface area (Å²) in [5.74, 6) is -0.645. The summed E-state index contributed by atoms with van der Waals surface area (Å²) >= 11 is 1.71. The third-order valence-electron chi connectivity index (χ3n) is 7.79. The third-order valence-corrected chi connectivity index (χ3v) is 8.80. The fourth-order valence-corrected chi connectivity index (χ4v) is 6.40. The Morgan fingerprint density at radius 2 is 1.76 bits per heavy atom. The number of likely N-dealkylation sites (tertiary alicyclic amines) is 1. The van der Waals surface area contributed by atoms with Gasteiger partial charge in [-0.1, -0.05) is 39.8 Å². The van der Waals surface area contributed by atoms with Gasteiger partial charge in [0.1, 0.15) is 0 Å². The van der Waals surface area contributed by atoms with Gasteiger partial charge < -0.3 is 4.90 Å². The summed E-state index contributed by atoms with van der Waals surface area (Å²) in [5, 5.41) is 3.30. The molecule has 0 N–H and O–H groups in total. The number of nitrogens with zero attached hydrogens (tertiary/aromatic N) is 3. The lowest BCUT2D eigenvalue weighted by Crippen LogP contribution is -2.38. The molecule has 0 radical (unpaired) electrons. The monoisotopic (exact) mass is 477 g/mol. The van der Waals surface area contributed by atoms with E-state index in [4.69, 9.17) is 4.98 Å². The Morgan fingerprint density at radius 3 is 2.47 bits per heavy atom. The minimum Gasteiger partial charge on any atom is -0.338 e. The molecule has 4 nitrogen and oxygen atoms in total. The number of benzene rings is 1. The topological polar surface area (TPSA) is 46.1 Å². The molecule has 2 aromatic heterocycles. The molecule has 34 heavy (non-hydrogen) atoms. The Labute approximate surface area is 205 Å². The van der Waals surface area contributed by atoms with Gasteiger partial charge in [-0.15, -0.1) is 11.3 Å². The molecule has 1 aliphatic heterocycles. The number of carbonyl (C=O) groups is 1. The van der Waals surface area contributed by atoms with E-state index in [0.29, 0.717) is 19.0 Å². The number of aromatic nitrogens is 2. The second-order valence-electron chi connectivity index (χ2n) is 11.0. The van der Waals surface area contributed by atoms with Gasteiger partial charge in [-0.05, 0) is 65.8 Å². The van der Waals surface area contributed by atoms with Crippen LogP contribution in [0.4, 0.5) is 4.39 Å². The third kappa shape index (κ3) is 4.17. The zero-order chi connectivity index (χ0) is 24.1. The lowest BCUT2D eigenvalue weighted by atomic mass is 9.63. The van der Waals surface area contributed by atoms with Crippen LogP contribution in [-0.2, 0) is 10.8 Å². The van der Waals surface area contributed by atoms with Crippen molar-refractivity contribution in [3.05, 3.63) is 69.6 Å². The molecular weight excluding hydrogens is 445 g/mol. The maximum absolute atomic E-state index is 13.9. The van der Waals surface area contributed by atoms with Crippen LogP contribution in [0.2, 0.25) is 0 Å². The molecule has 1 fully saturated rings. The minimum atomic E-state index is -0.698. The van der Waals surface area contributed by atoms with Crippen LogP contribution in [-0.4, -0.2) is 33.9 Å². The Balaban J connectivity index is 1.31.